The minimum Gasteiger partial charge on any atom is -0.404 e. The van der Waals surface area contributed by atoms with Crippen LogP contribution in [0, 0.1) is 0 Å². The van der Waals surface area contributed by atoms with Gasteiger partial charge in [-0.3, -0.25) is 0 Å². The van der Waals surface area contributed by atoms with Crippen LogP contribution in [-0.4, -0.2) is 5.11 Å². The van der Waals surface area contributed by atoms with Crippen molar-refractivity contribution >= 4 is 0 Å². The van der Waals surface area contributed by atoms with Gasteiger partial charge in [-0.25, -0.2) is 24.3 Å². The van der Waals surface area contributed by atoms with Crippen molar-refractivity contribution in [2.24, 2.45) is 0 Å². The molecule has 0 atom stereocenters. The molecule has 2 heteroatoms. The van der Waals surface area contributed by atoms with Crippen molar-refractivity contribution < 1.29 is 24.6 Å². The summed E-state index contributed by atoms with van der Waals surface area (Å²) in [5.41, 5.74) is 0.986. The summed E-state index contributed by atoms with van der Waals surface area (Å²) in [7, 11) is 0. The zero-order chi connectivity index (χ0) is 8.65. The van der Waals surface area contributed by atoms with Gasteiger partial charge in [-0.15, -0.1) is 5.56 Å². The number of rotatable bonds is 1. The van der Waals surface area contributed by atoms with Crippen molar-refractivity contribution in [3.8, 4) is 0 Å². The van der Waals surface area contributed by atoms with Crippen LogP contribution in [0.3, 0.4) is 0 Å². The number of aliphatic hydroxyl groups excluding tert-OH is 1. The summed E-state index contributed by atoms with van der Waals surface area (Å²) in [5, 5.41) is 8.43. The molecule has 0 aliphatic rings. The molecule has 0 radical (unpaired) electrons. The Morgan fingerprint density at radius 1 is 1.00 bits per heavy atom. The quantitative estimate of drug-likeness (QED) is 0.617. The Kier molecular flexibility index (Phi) is 7.47. The second-order valence-electron chi connectivity index (χ2n) is 2.41. The largest absolute Gasteiger partial charge is 2.00 e. The van der Waals surface area contributed by atoms with Gasteiger partial charge in [0.15, 0.2) is 0 Å². The molecule has 2 aromatic rings. The maximum Gasteiger partial charge on any atom is 2.00 e. The van der Waals surface area contributed by atoms with Gasteiger partial charge < -0.3 is 5.11 Å². The SMILES string of the molecule is OC[c-]1cccc1.[Ru+2].c1cc[cH-]c1. The predicted molar refractivity (Wildman–Crippen MR) is 50.0 cm³/mol. The smallest absolute Gasteiger partial charge is 0.404 e. The third-order valence-corrected chi connectivity index (χ3v) is 1.47. The number of hydrogen-bond donors (Lipinski definition) is 1. The van der Waals surface area contributed by atoms with E-state index in [0.717, 1.165) is 5.56 Å². The molecule has 0 unspecified atom stereocenters. The van der Waals surface area contributed by atoms with Crippen LogP contribution in [0.2, 0.25) is 0 Å². The van der Waals surface area contributed by atoms with E-state index in [1.807, 2.05) is 54.6 Å². The molecule has 0 aliphatic heterocycles. The minimum atomic E-state index is 0. The zero-order valence-corrected chi connectivity index (χ0v) is 8.94. The van der Waals surface area contributed by atoms with Gasteiger partial charge >= 0.3 is 19.5 Å². The molecule has 13 heavy (non-hydrogen) atoms. The molecule has 0 aliphatic carbocycles. The van der Waals surface area contributed by atoms with Gasteiger partial charge in [0.25, 0.3) is 0 Å². The van der Waals surface area contributed by atoms with E-state index in [2.05, 4.69) is 0 Å². The first-order valence-corrected chi connectivity index (χ1v) is 3.91. The molecule has 0 spiro atoms. The van der Waals surface area contributed by atoms with Gasteiger partial charge in [-0.05, 0) is 0 Å². The van der Waals surface area contributed by atoms with Gasteiger partial charge in [0, 0.05) is 6.61 Å². The standard InChI is InChI=1S/C6H7O.C5H5.Ru/c7-5-6-3-1-2-4-6;1-2-4-5-3-1;/h1-4,7H,5H2;1-5H;/q2*-1;+2. The normalized spacial score (nSPS) is 8.08. The van der Waals surface area contributed by atoms with Crippen LogP contribution in [0.1, 0.15) is 5.56 Å². The molecular weight excluding hydrogens is 249 g/mol. The summed E-state index contributed by atoms with van der Waals surface area (Å²) in [6.45, 7) is 0.160. The van der Waals surface area contributed by atoms with Crippen LogP contribution in [-0.2, 0) is 26.1 Å². The van der Waals surface area contributed by atoms with E-state index in [-0.39, 0.29) is 26.1 Å². The Bertz CT molecular complexity index is 241. The van der Waals surface area contributed by atoms with E-state index in [1.165, 1.54) is 0 Å². The summed E-state index contributed by atoms with van der Waals surface area (Å²) in [6, 6.07) is 17.6. The molecule has 2 rings (SSSR count). The van der Waals surface area contributed by atoms with Crippen molar-refractivity contribution in [1.82, 2.24) is 0 Å². The third-order valence-electron chi connectivity index (χ3n) is 1.47. The van der Waals surface area contributed by atoms with E-state index >= 15 is 0 Å². The summed E-state index contributed by atoms with van der Waals surface area (Å²) in [4.78, 5) is 0. The third kappa shape index (κ3) is 5.51. The molecule has 2 aromatic carbocycles. The maximum atomic E-state index is 8.43. The van der Waals surface area contributed by atoms with Crippen LogP contribution in [0.25, 0.3) is 0 Å². The van der Waals surface area contributed by atoms with Gasteiger partial charge in [0.2, 0.25) is 0 Å². The Morgan fingerprint density at radius 2 is 1.54 bits per heavy atom. The molecule has 0 fully saturated rings. The minimum absolute atomic E-state index is 0. The average molecular weight is 261 g/mol. The van der Waals surface area contributed by atoms with E-state index in [4.69, 9.17) is 5.11 Å². The van der Waals surface area contributed by atoms with E-state index < -0.39 is 0 Å². The molecular formula is C11H12ORu. The summed E-state index contributed by atoms with van der Waals surface area (Å²) < 4.78 is 0. The fraction of sp³-hybridized carbons (Fsp3) is 0.0909. The summed E-state index contributed by atoms with van der Waals surface area (Å²) in [5.74, 6) is 0. The van der Waals surface area contributed by atoms with Crippen LogP contribution < -0.4 is 0 Å². The molecule has 1 N–H and O–H groups in total. The maximum absolute atomic E-state index is 8.43. The topological polar surface area (TPSA) is 20.2 Å². The van der Waals surface area contributed by atoms with Gasteiger partial charge in [0.05, 0.1) is 0 Å². The fourth-order valence-electron chi connectivity index (χ4n) is 0.840. The Hall–Kier alpha value is -0.717. The predicted octanol–water partition coefficient (Wildman–Crippen LogP) is 2.30. The summed E-state index contributed by atoms with van der Waals surface area (Å²) in [6.07, 6.45) is 0. The molecule has 0 saturated heterocycles. The van der Waals surface area contributed by atoms with Crippen molar-refractivity contribution in [3.05, 3.63) is 60.2 Å². The second-order valence-corrected chi connectivity index (χ2v) is 2.41. The Balaban J connectivity index is 0.000000215. The first-order valence-electron chi connectivity index (χ1n) is 3.91. The first kappa shape index (κ1) is 12.3. The number of aliphatic hydroxyl groups is 1. The average Bonchev–Trinajstić information content (AvgIpc) is 2.81. The Labute approximate surface area is 91.5 Å². The molecule has 0 aromatic heterocycles. The van der Waals surface area contributed by atoms with Crippen molar-refractivity contribution in [2.45, 2.75) is 6.61 Å². The number of hydrogen-bond acceptors (Lipinski definition) is 1. The van der Waals surface area contributed by atoms with Gasteiger partial charge in [-0.1, -0.05) is 0 Å². The fourth-order valence-corrected chi connectivity index (χ4v) is 0.840. The summed E-state index contributed by atoms with van der Waals surface area (Å²) >= 11 is 0. The zero-order valence-electron chi connectivity index (χ0n) is 7.20. The van der Waals surface area contributed by atoms with Crippen LogP contribution in [0.15, 0.2) is 54.6 Å². The molecule has 0 saturated carbocycles. The van der Waals surface area contributed by atoms with Gasteiger partial charge in [0.1, 0.15) is 0 Å². The van der Waals surface area contributed by atoms with E-state index in [0.29, 0.717) is 0 Å². The van der Waals surface area contributed by atoms with Crippen LogP contribution in [0.5, 0.6) is 0 Å². The Morgan fingerprint density at radius 3 is 1.77 bits per heavy atom. The molecule has 0 bridgehead atoms. The van der Waals surface area contributed by atoms with Crippen LogP contribution >= 0.6 is 0 Å². The molecule has 1 nitrogen and oxygen atoms in total. The molecule has 0 heterocycles. The van der Waals surface area contributed by atoms with Crippen LogP contribution in [0.4, 0.5) is 0 Å². The second kappa shape index (κ2) is 7.91. The van der Waals surface area contributed by atoms with Crippen molar-refractivity contribution in [2.75, 3.05) is 0 Å². The van der Waals surface area contributed by atoms with Crippen molar-refractivity contribution in [3.63, 3.8) is 0 Å². The molecule has 0 amide bonds. The monoisotopic (exact) mass is 262 g/mol. The van der Waals surface area contributed by atoms with Gasteiger partial charge in [-0.2, -0.15) is 30.3 Å². The van der Waals surface area contributed by atoms with E-state index in [9.17, 15) is 0 Å². The van der Waals surface area contributed by atoms with Crippen molar-refractivity contribution in [1.29, 1.82) is 0 Å². The first-order chi connectivity index (χ1) is 5.93. The molecule has 70 valence electrons. The van der Waals surface area contributed by atoms with E-state index in [1.54, 1.807) is 0 Å².